The molecule has 0 aliphatic rings. The molecular weight excluding hydrogens is 192 g/mol. The Hall–Kier alpha value is -2.10. The molecule has 0 spiro atoms. The Kier molecular flexibility index (Phi) is 2.49. The second-order valence-electron chi connectivity index (χ2n) is 3.15. The lowest BCUT2D eigenvalue weighted by Gasteiger charge is -1.96. The van der Waals surface area contributed by atoms with E-state index in [1.807, 2.05) is 24.3 Å². The number of fused-ring (bicyclic) bond motifs is 1. The number of carbonyl (C=O) groups excluding carboxylic acids is 2. The number of benzene rings is 1. The molecule has 0 saturated carbocycles. The molecule has 0 unspecified atom stereocenters. The Morgan fingerprint density at radius 1 is 1.40 bits per heavy atom. The first-order chi connectivity index (χ1) is 7.31. The maximum Gasteiger partial charge on any atom is 0.268 e. The number of amides is 1. The fourth-order valence-electron chi connectivity index (χ4n) is 1.43. The maximum atomic E-state index is 11.5. The van der Waals surface area contributed by atoms with Crippen LogP contribution in [0.1, 0.15) is 10.5 Å². The van der Waals surface area contributed by atoms with Crippen molar-refractivity contribution in [3.63, 3.8) is 0 Å². The predicted molar refractivity (Wildman–Crippen MR) is 56.7 cm³/mol. The largest absolute Gasteiger partial charge is 0.351 e. The molecule has 2 N–H and O–H groups in total. The smallest absolute Gasteiger partial charge is 0.268 e. The van der Waals surface area contributed by atoms with Gasteiger partial charge in [0.1, 0.15) is 12.0 Å². The summed E-state index contributed by atoms with van der Waals surface area (Å²) in [6.45, 7) is 0.0359. The van der Waals surface area contributed by atoms with Crippen LogP contribution in [0.25, 0.3) is 10.9 Å². The van der Waals surface area contributed by atoms with Gasteiger partial charge in [0, 0.05) is 10.9 Å². The zero-order valence-corrected chi connectivity index (χ0v) is 7.99. The summed E-state index contributed by atoms with van der Waals surface area (Å²) in [6.07, 6.45) is 0.653. The highest BCUT2D eigenvalue weighted by atomic mass is 16.2. The van der Waals surface area contributed by atoms with E-state index in [-0.39, 0.29) is 12.5 Å². The van der Waals surface area contributed by atoms with E-state index in [0.29, 0.717) is 12.0 Å². The van der Waals surface area contributed by atoms with Crippen molar-refractivity contribution in [1.82, 2.24) is 10.3 Å². The van der Waals surface area contributed by atoms with Gasteiger partial charge in [-0.3, -0.25) is 4.79 Å². The van der Waals surface area contributed by atoms with Crippen molar-refractivity contribution in [2.45, 2.75) is 0 Å². The number of aldehydes is 1. The van der Waals surface area contributed by atoms with E-state index in [4.69, 9.17) is 0 Å². The molecule has 0 atom stereocenters. The Balaban J connectivity index is 2.28. The van der Waals surface area contributed by atoms with Crippen molar-refractivity contribution < 1.29 is 9.59 Å². The first-order valence-electron chi connectivity index (χ1n) is 4.61. The van der Waals surface area contributed by atoms with Crippen LogP contribution in [-0.2, 0) is 4.79 Å². The van der Waals surface area contributed by atoms with Gasteiger partial charge in [-0.25, -0.2) is 0 Å². The average molecular weight is 202 g/mol. The van der Waals surface area contributed by atoms with Crippen LogP contribution in [0.4, 0.5) is 0 Å². The zero-order valence-electron chi connectivity index (χ0n) is 7.99. The first-order valence-corrected chi connectivity index (χ1v) is 4.61. The van der Waals surface area contributed by atoms with Crippen LogP contribution in [0.3, 0.4) is 0 Å². The predicted octanol–water partition coefficient (Wildman–Crippen LogP) is 1.10. The zero-order chi connectivity index (χ0) is 10.7. The van der Waals surface area contributed by atoms with Gasteiger partial charge < -0.3 is 15.1 Å². The third-order valence-electron chi connectivity index (χ3n) is 2.12. The van der Waals surface area contributed by atoms with Gasteiger partial charge in [0.2, 0.25) is 0 Å². The number of aromatic amines is 1. The summed E-state index contributed by atoms with van der Waals surface area (Å²) in [7, 11) is 0. The number of para-hydroxylation sites is 1. The minimum Gasteiger partial charge on any atom is -0.351 e. The van der Waals surface area contributed by atoms with Gasteiger partial charge in [-0.15, -0.1) is 0 Å². The Morgan fingerprint density at radius 3 is 2.93 bits per heavy atom. The van der Waals surface area contributed by atoms with Gasteiger partial charge in [0.15, 0.2) is 0 Å². The van der Waals surface area contributed by atoms with Gasteiger partial charge in [-0.05, 0) is 12.1 Å². The topological polar surface area (TPSA) is 62.0 Å². The molecule has 4 heteroatoms. The monoisotopic (exact) mass is 202 g/mol. The minimum absolute atomic E-state index is 0.0359. The molecule has 1 aromatic carbocycles. The van der Waals surface area contributed by atoms with E-state index >= 15 is 0 Å². The van der Waals surface area contributed by atoms with Gasteiger partial charge in [-0.2, -0.15) is 0 Å². The van der Waals surface area contributed by atoms with Gasteiger partial charge in [0.05, 0.1) is 6.54 Å². The standard InChI is InChI=1S/C11H10N2O2/c14-6-5-12-11(15)10-7-8-3-1-2-4-9(8)13-10/h1-4,6-7,13H,5H2,(H,12,15). The highest BCUT2D eigenvalue weighted by Gasteiger charge is 2.07. The number of carbonyl (C=O) groups is 2. The van der Waals surface area contributed by atoms with Crippen LogP contribution in [0.2, 0.25) is 0 Å². The molecule has 1 aromatic heterocycles. The summed E-state index contributed by atoms with van der Waals surface area (Å²) in [6, 6.07) is 9.37. The molecule has 76 valence electrons. The summed E-state index contributed by atoms with van der Waals surface area (Å²) >= 11 is 0. The van der Waals surface area contributed by atoms with Gasteiger partial charge >= 0.3 is 0 Å². The Labute approximate surface area is 86.3 Å². The average Bonchev–Trinajstić information content (AvgIpc) is 2.69. The van der Waals surface area contributed by atoms with Crippen LogP contribution >= 0.6 is 0 Å². The molecule has 0 aliphatic heterocycles. The molecule has 0 aliphatic carbocycles. The van der Waals surface area contributed by atoms with Crippen molar-refractivity contribution in [3.05, 3.63) is 36.0 Å². The van der Waals surface area contributed by atoms with E-state index in [0.717, 1.165) is 10.9 Å². The van der Waals surface area contributed by atoms with Crippen molar-refractivity contribution in [3.8, 4) is 0 Å². The fraction of sp³-hybridized carbons (Fsp3) is 0.0909. The SMILES string of the molecule is O=CCNC(=O)c1cc2ccccc2[nH]1. The van der Waals surface area contributed by atoms with Gasteiger partial charge in [-0.1, -0.05) is 18.2 Å². The number of aromatic nitrogens is 1. The molecule has 0 bridgehead atoms. The molecule has 0 saturated heterocycles. The molecule has 1 heterocycles. The molecule has 0 radical (unpaired) electrons. The first kappa shape index (κ1) is 9.45. The van der Waals surface area contributed by atoms with Crippen LogP contribution < -0.4 is 5.32 Å². The molecule has 0 fully saturated rings. The summed E-state index contributed by atoms with van der Waals surface area (Å²) in [5.41, 5.74) is 1.38. The lowest BCUT2D eigenvalue weighted by Crippen LogP contribution is -2.25. The van der Waals surface area contributed by atoms with E-state index in [9.17, 15) is 9.59 Å². The van der Waals surface area contributed by atoms with Crippen LogP contribution in [0.15, 0.2) is 30.3 Å². The Morgan fingerprint density at radius 2 is 2.20 bits per heavy atom. The number of nitrogens with one attached hydrogen (secondary N) is 2. The van der Waals surface area contributed by atoms with E-state index in [1.54, 1.807) is 6.07 Å². The summed E-state index contributed by atoms with van der Waals surface area (Å²) in [5, 5.41) is 3.45. The normalized spacial score (nSPS) is 10.1. The molecule has 1 amide bonds. The number of H-pyrrole nitrogens is 1. The van der Waals surface area contributed by atoms with Crippen molar-refractivity contribution in [2.24, 2.45) is 0 Å². The maximum absolute atomic E-state index is 11.5. The summed E-state index contributed by atoms with van der Waals surface area (Å²) in [5.74, 6) is -0.265. The number of hydrogen-bond acceptors (Lipinski definition) is 2. The van der Waals surface area contributed by atoms with E-state index in [2.05, 4.69) is 10.3 Å². The van der Waals surface area contributed by atoms with Gasteiger partial charge in [0.25, 0.3) is 5.91 Å². The Bertz CT molecular complexity index is 469. The highest BCUT2D eigenvalue weighted by Crippen LogP contribution is 2.14. The molecule has 15 heavy (non-hydrogen) atoms. The van der Waals surface area contributed by atoms with E-state index in [1.165, 1.54) is 0 Å². The number of hydrogen-bond donors (Lipinski definition) is 2. The molecule has 2 rings (SSSR count). The summed E-state index contributed by atoms with van der Waals surface area (Å²) < 4.78 is 0. The lowest BCUT2D eigenvalue weighted by atomic mass is 10.2. The molecule has 2 aromatic rings. The van der Waals surface area contributed by atoms with Crippen molar-refractivity contribution in [1.29, 1.82) is 0 Å². The molecule has 4 nitrogen and oxygen atoms in total. The third-order valence-corrected chi connectivity index (χ3v) is 2.12. The van der Waals surface area contributed by atoms with Crippen LogP contribution in [-0.4, -0.2) is 23.7 Å². The van der Waals surface area contributed by atoms with Crippen molar-refractivity contribution >= 4 is 23.1 Å². The second kappa shape index (κ2) is 3.96. The van der Waals surface area contributed by atoms with Crippen molar-refractivity contribution in [2.75, 3.05) is 6.54 Å². The minimum atomic E-state index is -0.265. The second-order valence-corrected chi connectivity index (χ2v) is 3.15. The quantitative estimate of drug-likeness (QED) is 0.732. The van der Waals surface area contributed by atoms with Crippen LogP contribution in [0.5, 0.6) is 0 Å². The third kappa shape index (κ3) is 1.88. The fourth-order valence-corrected chi connectivity index (χ4v) is 1.43. The summed E-state index contributed by atoms with van der Waals surface area (Å²) in [4.78, 5) is 24.5. The molecular formula is C11H10N2O2. The highest BCUT2D eigenvalue weighted by molar-refractivity contribution is 5.98. The van der Waals surface area contributed by atoms with Crippen LogP contribution in [0, 0.1) is 0 Å². The lowest BCUT2D eigenvalue weighted by molar-refractivity contribution is -0.107. The van der Waals surface area contributed by atoms with E-state index < -0.39 is 0 Å². The number of rotatable bonds is 3.